The Labute approximate surface area is 99.9 Å². The maximum atomic E-state index is 11.0. The highest BCUT2D eigenvalue weighted by Crippen LogP contribution is 2.04. The Morgan fingerprint density at radius 2 is 1.81 bits per heavy atom. The third-order valence-electron chi connectivity index (χ3n) is 2.72. The van der Waals surface area contributed by atoms with Crippen molar-refractivity contribution in [2.24, 2.45) is 0 Å². The first-order valence-electron chi connectivity index (χ1n) is 6.50. The van der Waals surface area contributed by atoms with E-state index in [1.54, 1.807) is 0 Å². The monoisotopic (exact) mass is 229 g/mol. The van der Waals surface area contributed by atoms with Crippen molar-refractivity contribution >= 4 is 5.97 Å². The molecule has 3 heteroatoms. The van der Waals surface area contributed by atoms with Gasteiger partial charge in [-0.1, -0.05) is 39.0 Å². The molecule has 1 N–H and O–H groups in total. The molecule has 0 unspecified atom stereocenters. The zero-order valence-corrected chi connectivity index (χ0v) is 11.1. The number of hydrogen-bond acceptors (Lipinski definition) is 3. The number of carbonyl (C=O) groups is 1. The van der Waals surface area contributed by atoms with Crippen LogP contribution in [0.5, 0.6) is 0 Å². The summed E-state index contributed by atoms with van der Waals surface area (Å²) in [5, 5.41) is 3.34. The topological polar surface area (TPSA) is 38.3 Å². The minimum absolute atomic E-state index is 0.136. The number of unbranched alkanes of at least 4 members (excludes halogenated alkanes) is 5. The summed E-state index contributed by atoms with van der Waals surface area (Å²) in [5.74, 6) is -0.136. The van der Waals surface area contributed by atoms with E-state index >= 15 is 0 Å². The predicted molar refractivity (Wildman–Crippen MR) is 67.5 cm³/mol. The number of nitrogens with one attached hydrogen (secondary N) is 1. The van der Waals surface area contributed by atoms with E-state index in [1.807, 2.05) is 6.92 Å². The van der Waals surface area contributed by atoms with Crippen LogP contribution in [0.3, 0.4) is 0 Å². The van der Waals surface area contributed by atoms with Gasteiger partial charge in [0.15, 0.2) is 0 Å². The lowest BCUT2D eigenvalue weighted by atomic mass is 10.1. The van der Waals surface area contributed by atoms with Crippen LogP contribution in [-0.4, -0.2) is 25.7 Å². The second-order valence-corrected chi connectivity index (χ2v) is 4.40. The second-order valence-electron chi connectivity index (χ2n) is 4.40. The molecule has 16 heavy (non-hydrogen) atoms. The lowest BCUT2D eigenvalue weighted by Crippen LogP contribution is -2.29. The van der Waals surface area contributed by atoms with Gasteiger partial charge in [0.2, 0.25) is 0 Å². The van der Waals surface area contributed by atoms with Crippen LogP contribution in [0.25, 0.3) is 0 Å². The fourth-order valence-corrected chi connectivity index (χ4v) is 1.66. The van der Waals surface area contributed by atoms with E-state index in [0.717, 1.165) is 6.54 Å². The average Bonchev–Trinajstić information content (AvgIpc) is 2.27. The Morgan fingerprint density at radius 3 is 2.44 bits per heavy atom. The molecule has 0 fully saturated rings. The zero-order valence-electron chi connectivity index (χ0n) is 11.1. The number of carbonyl (C=O) groups excluding carboxylic acids is 1. The van der Waals surface area contributed by atoms with Gasteiger partial charge in [0.1, 0.15) is 0 Å². The van der Waals surface area contributed by atoms with Gasteiger partial charge < -0.3 is 10.1 Å². The summed E-state index contributed by atoms with van der Waals surface area (Å²) in [7, 11) is 1.43. The molecule has 0 saturated heterocycles. The van der Waals surface area contributed by atoms with Crippen LogP contribution >= 0.6 is 0 Å². The third-order valence-corrected chi connectivity index (χ3v) is 2.72. The van der Waals surface area contributed by atoms with Gasteiger partial charge in [-0.3, -0.25) is 4.79 Å². The highest BCUT2D eigenvalue weighted by molar-refractivity contribution is 5.69. The summed E-state index contributed by atoms with van der Waals surface area (Å²) in [6.07, 6.45) is 8.30. The number of methoxy groups -OCH3 is 1. The van der Waals surface area contributed by atoms with Crippen molar-refractivity contribution in [2.75, 3.05) is 13.7 Å². The van der Waals surface area contributed by atoms with E-state index in [0.29, 0.717) is 6.42 Å². The van der Waals surface area contributed by atoms with Crippen LogP contribution in [-0.2, 0) is 9.53 Å². The number of ether oxygens (including phenoxy) is 1. The summed E-state index contributed by atoms with van der Waals surface area (Å²) < 4.78 is 4.61. The van der Waals surface area contributed by atoms with Gasteiger partial charge in [-0.2, -0.15) is 0 Å². The van der Waals surface area contributed by atoms with Crippen LogP contribution in [0.2, 0.25) is 0 Å². The molecule has 0 aromatic heterocycles. The summed E-state index contributed by atoms with van der Waals surface area (Å²) in [6, 6.07) is 0.225. The maximum Gasteiger partial charge on any atom is 0.307 e. The fraction of sp³-hybridized carbons (Fsp3) is 0.923. The molecule has 0 aromatic rings. The van der Waals surface area contributed by atoms with Crippen LogP contribution < -0.4 is 5.32 Å². The van der Waals surface area contributed by atoms with E-state index in [9.17, 15) is 4.79 Å². The molecule has 0 spiro atoms. The molecule has 0 aliphatic carbocycles. The minimum atomic E-state index is -0.136. The van der Waals surface area contributed by atoms with Gasteiger partial charge in [-0.15, -0.1) is 0 Å². The van der Waals surface area contributed by atoms with Gasteiger partial charge in [-0.25, -0.2) is 0 Å². The first-order chi connectivity index (χ1) is 7.70. The summed E-state index contributed by atoms with van der Waals surface area (Å²) in [5.41, 5.74) is 0. The molecule has 0 bridgehead atoms. The highest BCUT2D eigenvalue weighted by Gasteiger charge is 2.07. The van der Waals surface area contributed by atoms with Crippen LogP contribution in [0.1, 0.15) is 58.8 Å². The molecule has 0 aliphatic rings. The molecule has 0 amide bonds. The van der Waals surface area contributed by atoms with Crippen LogP contribution in [0.4, 0.5) is 0 Å². The maximum absolute atomic E-state index is 11.0. The predicted octanol–water partition coefficient (Wildman–Crippen LogP) is 2.89. The molecular formula is C13H27NO2. The average molecular weight is 229 g/mol. The summed E-state index contributed by atoms with van der Waals surface area (Å²) in [6.45, 7) is 5.26. The van der Waals surface area contributed by atoms with Crippen molar-refractivity contribution in [3.8, 4) is 0 Å². The van der Waals surface area contributed by atoms with Crippen molar-refractivity contribution in [3.05, 3.63) is 0 Å². The van der Waals surface area contributed by atoms with Crippen molar-refractivity contribution in [3.63, 3.8) is 0 Å². The van der Waals surface area contributed by atoms with Gasteiger partial charge in [0, 0.05) is 6.04 Å². The Morgan fingerprint density at radius 1 is 1.19 bits per heavy atom. The quantitative estimate of drug-likeness (QED) is 0.462. The lowest BCUT2D eigenvalue weighted by Gasteiger charge is -2.12. The molecule has 96 valence electrons. The Hall–Kier alpha value is -0.570. The molecule has 0 radical (unpaired) electrons. The normalized spacial score (nSPS) is 12.4. The third kappa shape index (κ3) is 9.97. The SMILES string of the molecule is CCCCCCCCN[C@H](C)CC(=O)OC. The van der Waals surface area contributed by atoms with Crippen molar-refractivity contribution in [1.29, 1.82) is 0 Å². The minimum Gasteiger partial charge on any atom is -0.469 e. The smallest absolute Gasteiger partial charge is 0.307 e. The van der Waals surface area contributed by atoms with Gasteiger partial charge in [0.25, 0.3) is 0 Å². The Kier molecular flexibility index (Phi) is 10.5. The second kappa shape index (κ2) is 10.9. The van der Waals surface area contributed by atoms with E-state index in [2.05, 4.69) is 17.0 Å². The van der Waals surface area contributed by atoms with Crippen molar-refractivity contribution < 1.29 is 9.53 Å². The van der Waals surface area contributed by atoms with E-state index in [-0.39, 0.29) is 12.0 Å². The first-order valence-corrected chi connectivity index (χ1v) is 6.50. The fourth-order valence-electron chi connectivity index (χ4n) is 1.66. The molecule has 0 saturated carbocycles. The first kappa shape index (κ1) is 15.4. The number of esters is 1. The number of rotatable bonds is 10. The molecule has 0 aliphatic heterocycles. The van der Waals surface area contributed by atoms with Crippen LogP contribution in [0.15, 0.2) is 0 Å². The largest absolute Gasteiger partial charge is 0.469 e. The number of hydrogen-bond donors (Lipinski definition) is 1. The molecule has 1 atom stereocenters. The van der Waals surface area contributed by atoms with E-state index in [1.165, 1.54) is 45.6 Å². The standard InChI is InChI=1S/C13H27NO2/c1-4-5-6-7-8-9-10-14-12(2)11-13(15)16-3/h12,14H,4-11H2,1-3H3/t12-/m1/s1. The Balaban J connectivity index is 3.21. The molecule has 0 heterocycles. The molecular weight excluding hydrogens is 202 g/mol. The Bertz CT molecular complexity index is 171. The van der Waals surface area contributed by atoms with Gasteiger partial charge >= 0.3 is 5.97 Å². The van der Waals surface area contributed by atoms with E-state index < -0.39 is 0 Å². The summed E-state index contributed by atoms with van der Waals surface area (Å²) in [4.78, 5) is 11.0. The van der Waals surface area contributed by atoms with Gasteiger partial charge in [0.05, 0.1) is 13.5 Å². The van der Waals surface area contributed by atoms with Crippen LogP contribution in [0, 0.1) is 0 Å². The lowest BCUT2D eigenvalue weighted by molar-refractivity contribution is -0.141. The summed E-state index contributed by atoms with van der Waals surface area (Å²) >= 11 is 0. The molecule has 0 rings (SSSR count). The molecule has 3 nitrogen and oxygen atoms in total. The molecule has 0 aromatic carbocycles. The van der Waals surface area contributed by atoms with Crippen molar-refractivity contribution in [2.45, 2.75) is 64.8 Å². The zero-order chi connectivity index (χ0) is 12.2. The van der Waals surface area contributed by atoms with Gasteiger partial charge in [-0.05, 0) is 19.9 Å². The van der Waals surface area contributed by atoms with Crippen molar-refractivity contribution in [1.82, 2.24) is 5.32 Å². The van der Waals surface area contributed by atoms with E-state index in [4.69, 9.17) is 0 Å². The highest BCUT2D eigenvalue weighted by atomic mass is 16.5.